The van der Waals surface area contributed by atoms with Gasteiger partial charge in [0.2, 0.25) is 0 Å². The molecule has 0 N–H and O–H groups in total. The number of carbonyl (C=O) groups is 1. The lowest BCUT2D eigenvalue weighted by Gasteiger charge is -2.16. The molecular weight excluding hydrogens is 218 g/mol. The summed E-state index contributed by atoms with van der Waals surface area (Å²) in [5.41, 5.74) is 1.04. The number of amides is 1. The molecule has 0 bridgehead atoms. The second kappa shape index (κ2) is 3.83. The molecule has 0 radical (unpaired) electrons. The largest absolute Gasteiger partial charge is 0.302 e. The van der Waals surface area contributed by atoms with Crippen LogP contribution >= 0.6 is 11.8 Å². The minimum Gasteiger partial charge on any atom is -0.302 e. The molecule has 2 nitrogen and oxygen atoms in total. The number of fused-ring (bicyclic) bond motifs is 1. The lowest BCUT2D eigenvalue weighted by atomic mass is 10.1. The van der Waals surface area contributed by atoms with Crippen LogP contribution in [0.15, 0.2) is 42.5 Å². The molecule has 3 heteroatoms. The van der Waals surface area contributed by atoms with Gasteiger partial charge in [-0.05, 0) is 11.5 Å². The Morgan fingerprint density at radius 1 is 1.06 bits per heavy atom. The highest BCUT2D eigenvalue weighted by molar-refractivity contribution is 8.14. The topological polar surface area (TPSA) is 20.3 Å². The van der Waals surface area contributed by atoms with E-state index in [1.165, 1.54) is 17.1 Å². The van der Waals surface area contributed by atoms with Gasteiger partial charge >= 0.3 is 0 Å². The molecule has 0 unspecified atom stereocenters. The predicted molar refractivity (Wildman–Crippen MR) is 69.1 cm³/mol. The van der Waals surface area contributed by atoms with Crippen molar-refractivity contribution in [3.63, 3.8) is 0 Å². The van der Waals surface area contributed by atoms with Crippen molar-refractivity contribution in [3.05, 3.63) is 42.5 Å². The number of hydrogen-bond acceptors (Lipinski definition) is 2. The molecular formula is C13H11NOS. The maximum absolute atomic E-state index is 11.7. The van der Waals surface area contributed by atoms with Crippen LogP contribution in [0.25, 0.3) is 10.8 Å². The lowest BCUT2D eigenvalue weighted by molar-refractivity contribution is 0.266. The maximum atomic E-state index is 11.7. The van der Waals surface area contributed by atoms with Gasteiger partial charge in [-0.1, -0.05) is 48.2 Å². The minimum atomic E-state index is 0.163. The normalized spacial score (nSPS) is 16.0. The molecule has 1 saturated heterocycles. The highest BCUT2D eigenvalue weighted by Crippen LogP contribution is 2.31. The van der Waals surface area contributed by atoms with E-state index in [2.05, 4.69) is 18.2 Å². The summed E-state index contributed by atoms with van der Waals surface area (Å²) in [6.07, 6.45) is 0. The van der Waals surface area contributed by atoms with Crippen molar-refractivity contribution in [2.24, 2.45) is 0 Å². The van der Waals surface area contributed by atoms with Gasteiger partial charge in [0.15, 0.2) is 0 Å². The van der Waals surface area contributed by atoms with E-state index >= 15 is 0 Å². The number of rotatable bonds is 1. The van der Waals surface area contributed by atoms with Crippen molar-refractivity contribution < 1.29 is 4.79 Å². The Kier molecular flexibility index (Phi) is 2.33. The monoisotopic (exact) mass is 229 g/mol. The molecule has 0 atom stereocenters. The average molecular weight is 229 g/mol. The summed E-state index contributed by atoms with van der Waals surface area (Å²) in [7, 11) is 0. The molecule has 3 rings (SSSR count). The van der Waals surface area contributed by atoms with Crippen molar-refractivity contribution >= 4 is 33.5 Å². The third kappa shape index (κ3) is 1.48. The molecule has 2 aromatic rings. The molecule has 1 aliphatic heterocycles. The van der Waals surface area contributed by atoms with E-state index in [1.807, 2.05) is 29.2 Å². The van der Waals surface area contributed by atoms with Gasteiger partial charge in [0.05, 0.1) is 5.69 Å². The minimum absolute atomic E-state index is 0.163. The van der Waals surface area contributed by atoms with Gasteiger partial charge in [0, 0.05) is 17.7 Å². The third-order valence-electron chi connectivity index (χ3n) is 2.82. The molecule has 1 amide bonds. The standard InChI is InChI=1S/C13H11NOS/c15-13-14(8-9-16-13)12-7-3-5-10-4-1-2-6-11(10)12/h1-7H,8-9H2. The highest BCUT2D eigenvalue weighted by Gasteiger charge is 2.23. The van der Waals surface area contributed by atoms with Crippen LogP contribution in [-0.4, -0.2) is 17.5 Å². The maximum Gasteiger partial charge on any atom is 0.286 e. The molecule has 0 spiro atoms. The first kappa shape index (κ1) is 9.73. The molecule has 16 heavy (non-hydrogen) atoms. The van der Waals surface area contributed by atoms with Crippen LogP contribution in [0.1, 0.15) is 0 Å². The molecule has 2 aromatic carbocycles. The average Bonchev–Trinajstić information content (AvgIpc) is 2.75. The first-order valence-electron chi connectivity index (χ1n) is 5.28. The van der Waals surface area contributed by atoms with Crippen molar-refractivity contribution in [1.29, 1.82) is 0 Å². The molecule has 0 aromatic heterocycles. The highest BCUT2D eigenvalue weighted by atomic mass is 32.2. The number of benzene rings is 2. The smallest absolute Gasteiger partial charge is 0.286 e. The molecule has 1 heterocycles. The fraction of sp³-hybridized carbons (Fsp3) is 0.154. The van der Waals surface area contributed by atoms with Gasteiger partial charge in [-0.2, -0.15) is 0 Å². The van der Waals surface area contributed by atoms with Gasteiger partial charge in [0.1, 0.15) is 0 Å². The first-order valence-corrected chi connectivity index (χ1v) is 6.27. The van der Waals surface area contributed by atoms with E-state index < -0.39 is 0 Å². The zero-order chi connectivity index (χ0) is 11.0. The molecule has 1 fully saturated rings. The number of nitrogens with zero attached hydrogens (tertiary/aromatic N) is 1. The molecule has 0 aliphatic carbocycles. The quantitative estimate of drug-likeness (QED) is 0.745. The SMILES string of the molecule is O=C1SCCN1c1cccc2ccccc12. The number of hydrogen-bond donors (Lipinski definition) is 0. The van der Waals surface area contributed by atoms with Crippen molar-refractivity contribution in [1.82, 2.24) is 0 Å². The lowest BCUT2D eigenvalue weighted by Crippen LogP contribution is -2.22. The zero-order valence-electron chi connectivity index (χ0n) is 8.72. The van der Waals surface area contributed by atoms with E-state index in [9.17, 15) is 4.79 Å². The number of anilines is 1. The summed E-state index contributed by atoms with van der Waals surface area (Å²) in [5, 5.41) is 2.50. The molecule has 1 aliphatic rings. The van der Waals surface area contributed by atoms with Crippen molar-refractivity contribution in [2.75, 3.05) is 17.2 Å². The Balaban J connectivity index is 2.19. The van der Waals surface area contributed by atoms with E-state index in [4.69, 9.17) is 0 Å². The summed E-state index contributed by atoms with van der Waals surface area (Å²) < 4.78 is 0. The van der Waals surface area contributed by atoms with E-state index in [0.29, 0.717) is 0 Å². The van der Waals surface area contributed by atoms with Gasteiger partial charge in [-0.15, -0.1) is 0 Å². The summed E-state index contributed by atoms with van der Waals surface area (Å²) in [6, 6.07) is 14.3. The Morgan fingerprint density at radius 3 is 2.69 bits per heavy atom. The Labute approximate surface area is 98.2 Å². The summed E-state index contributed by atoms with van der Waals surface area (Å²) >= 11 is 1.40. The second-order valence-corrected chi connectivity index (χ2v) is 4.81. The van der Waals surface area contributed by atoms with Crippen LogP contribution < -0.4 is 4.90 Å². The van der Waals surface area contributed by atoms with Gasteiger partial charge in [-0.25, -0.2) is 0 Å². The van der Waals surface area contributed by atoms with Crippen LogP contribution in [0, 0.1) is 0 Å². The van der Waals surface area contributed by atoms with Crippen LogP contribution in [0.5, 0.6) is 0 Å². The van der Waals surface area contributed by atoms with E-state index in [0.717, 1.165) is 23.4 Å². The predicted octanol–water partition coefficient (Wildman–Crippen LogP) is 3.51. The van der Waals surface area contributed by atoms with E-state index in [1.54, 1.807) is 0 Å². The van der Waals surface area contributed by atoms with Gasteiger partial charge in [0.25, 0.3) is 5.24 Å². The van der Waals surface area contributed by atoms with E-state index in [-0.39, 0.29) is 5.24 Å². The molecule has 80 valence electrons. The van der Waals surface area contributed by atoms with Crippen molar-refractivity contribution in [2.45, 2.75) is 0 Å². The fourth-order valence-corrected chi connectivity index (χ4v) is 2.85. The molecule has 0 saturated carbocycles. The Morgan fingerprint density at radius 2 is 1.88 bits per heavy atom. The summed E-state index contributed by atoms with van der Waals surface area (Å²) in [4.78, 5) is 13.6. The van der Waals surface area contributed by atoms with Crippen molar-refractivity contribution in [3.8, 4) is 0 Å². The summed E-state index contributed by atoms with van der Waals surface area (Å²) in [6.45, 7) is 0.817. The van der Waals surface area contributed by atoms with Gasteiger partial charge in [-0.3, -0.25) is 4.79 Å². The van der Waals surface area contributed by atoms with Crippen LogP contribution in [-0.2, 0) is 0 Å². The summed E-state index contributed by atoms with van der Waals surface area (Å²) in [5.74, 6) is 0.891. The van der Waals surface area contributed by atoms with Crippen LogP contribution in [0.3, 0.4) is 0 Å². The van der Waals surface area contributed by atoms with Gasteiger partial charge < -0.3 is 4.90 Å². The zero-order valence-corrected chi connectivity index (χ0v) is 9.54. The first-order chi connectivity index (χ1) is 7.86. The third-order valence-corrected chi connectivity index (χ3v) is 3.67. The number of carbonyl (C=O) groups excluding carboxylic acids is 1. The Bertz CT molecular complexity index is 547. The van der Waals surface area contributed by atoms with Crippen LogP contribution in [0.2, 0.25) is 0 Å². The fourth-order valence-electron chi connectivity index (χ4n) is 2.06. The Hall–Kier alpha value is -1.48. The second-order valence-electron chi connectivity index (χ2n) is 3.76. The number of thioether (sulfide) groups is 1. The van der Waals surface area contributed by atoms with Crippen LogP contribution in [0.4, 0.5) is 10.5 Å².